The number of carbonyl (C=O) groups excluding carboxylic acids is 1. The van der Waals surface area contributed by atoms with Crippen LogP contribution in [0.15, 0.2) is 18.2 Å². The Morgan fingerprint density at radius 1 is 1.26 bits per heavy atom. The van der Waals surface area contributed by atoms with Crippen LogP contribution in [0.1, 0.15) is 32.1 Å². The van der Waals surface area contributed by atoms with Crippen molar-refractivity contribution < 1.29 is 13.6 Å². The van der Waals surface area contributed by atoms with Crippen molar-refractivity contribution in [2.75, 3.05) is 31.5 Å². The van der Waals surface area contributed by atoms with E-state index in [4.69, 9.17) is 0 Å². The van der Waals surface area contributed by atoms with Crippen LogP contribution in [0.25, 0.3) is 0 Å². The lowest BCUT2D eigenvalue weighted by atomic mass is 9.79. The third kappa shape index (κ3) is 3.70. The van der Waals surface area contributed by atoms with Crippen molar-refractivity contribution in [3.05, 3.63) is 29.8 Å². The largest absolute Gasteiger partial charge is 0.322 e. The van der Waals surface area contributed by atoms with Crippen LogP contribution in [0.3, 0.4) is 0 Å². The van der Waals surface area contributed by atoms with Gasteiger partial charge in [-0.3, -0.25) is 9.69 Å². The van der Waals surface area contributed by atoms with Gasteiger partial charge in [0.2, 0.25) is 5.91 Å². The molecule has 0 bridgehead atoms. The van der Waals surface area contributed by atoms with Gasteiger partial charge in [-0.2, -0.15) is 0 Å². The number of hydrogen-bond acceptors (Lipinski definition) is 3. The van der Waals surface area contributed by atoms with Crippen molar-refractivity contribution in [1.82, 2.24) is 10.2 Å². The summed E-state index contributed by atoms with van der Waals surface area (Å²) in [5.74, 6) is -1.64. The first-order chi connectivity index (χ1) is 11.1. The van der Waals surface area contributed by atoms with Crippen molar-refractivity contribution in [3.8, 4) is 0 Å². The van der Waals surface area contributed by atoms with Gasteiger partial charge >= 0.3 is 0 Å². The minimum absolute atomic E-state index is 0.0317. The number of nitrogens with one attached hydrogen (secondary N) is 2. The van der Waals surface area contributed by atoms with Gasteiger partial charge in [-0.1, -0.05) is 19.3 Å². The maximum Gasteiger partial charge on any atom is 0.238 e. The van der Waals surface area contributed by atoms with Crippen LogP contribution in [0.5, 0.6) is 0 Å². The molecule has 2 aliphatic rings. The maximum absolute atomic E-state index is 13.7. The van der Waals surface area contributed by atoms with E-state index in [-0.39, 0.29) is 23.7 Å². The molecule has 1 aliphatic carbocycles. The SMILES string of the molecule is O=C(CN1CCNCC12CCCCC2)Nc1ccc(F)cc1F. The molecule has 23 heavy (non-hydrogen) atoms. The number of halogens is 2. The molecule has 0 atom stereocenters. The highest BCUT2D eigenvalue weighted by atomic mass is 19.1. The monoisotopic (exact) mass is 323 g/mol. The summed E-state index contributed by atoms with van der Waals surface area (Å²) in [6, 6.07) is 3.19. The van der Waals surface area contributed by atoms with Crippen molar-refractivity contribution >= 4 is 11.6 Å². The Hall–Kier alpha value is -1.53. The second-order valence-corrected chi connectivity index (χ2v) is 6.56. The first kappa shape index (κ1) is 16.3. The predicted octanol–water partition coefficient (Wildman–Crippen LogP) is 2.51. The van der Waals surface area contributed by atoms with E-state index in [1.54, 1.807) is 0 Å². The zero-order valence-corrected chi connectivity index (χ0v) is 13.2. The zero-order valence-electron chi connectivity index (χ0n) is 13.2. The molecule has 1 saturated heterocycles. The Bertz CT molecular complexity index is 565. The van der Waals surface area contributed by atoms with E-state index in [1.165, 1.54) is 25.3 Å². The molecule has 1 spiro atoms. The summed E-state index contributed by atoms with van der Waals surface area (Å²) >= 11 is 0. The van der Waals surface area contributed by atoms with Crippen molar-refractivity contribution in [3.63, 3.8) is 0 Å². The van der Waals surface area contributed by atoms with E-state index >= 15 is 0 Å². The maximum atomic E-state index is 13.7. The molecule has 0 radical (unpaired) electrons. The second-order valence-electron chi connectivity index (χ2n) is 6.56. The number of rotatable bonds is 3. The lowest BCUT2D eigenvalue weighted by Gasteiger charge is -2.49. The Morgan fingerprint density at radius 3 is 2.78 bits per heavy atom. The summed E-state index contributed by atoms with van der Waals surface area (Å²) in [6.07, 6.45) is 5.82. The van der Waals surface area contributed by atoms with Crippen molar-refractivity contribution in [2.24, 2.45) is 0 Å². The summed E-state index contributed by atoms with van der Waals surface area (Å²) in [7, 11) is 0. The third-order valence-electron chi connectivity index (χ3n) is 5.01. The van der Waals surface area contributed by atoms with E-state index in [0.717, 1.165) is 44.6 Å². The smallest absolute Gasteiger partial charge is 0.238 e. The molecule has 1 aromatic carbocycles. The van der Waals surface area contributed by atoms with Gasteiger partial charge in [-0.15, -0.1) is 0 Å². The lowest BCUT2D eigenvalue weighted by Crippen LogP contribution is -2.63. The second kappa shape index (κ2) is 6.93. The molecule has 0 unspecified atom stereocenters. The number of hydrogen-bond donors (Lipinski definition) is 2. The highest BCUT2D eigenvalue weighted by molar-refractivity contribution is 5.92. The van der Waals surface area contributed by atoms with Gasteiger partial charge in [0.05, 0.1) is 12.2 Å². The normalized spacial score (nSPS) is 21.3. The minimum atomic E-state index is -0.744. The molecule has 2 N–H and O–H groups in total. The number of piperazine rings is 1. The fourth-order valence-corrected chi connectivity index (χ4v) is 3.79. The van der Waals surface area contributed by atoms with E-state index in [1.807, 2.05) is 0 Å². The minimum Gasteiger partial charge on any atom is -0.322 e. The molecule has 1 aromatic rings. The molecule has 0 aromatic heterocycles. The van der Waals surface area contributed by atoms with Gasteiger partial charge in [-0.05, 0) is 25.0 Å². The van der Waals surface area contributed by atoms with E-state index in [2.05, 4.69) is 15.5 Å². The Balaban J connectivity index is 1.65. The number of carbonyl (C=O) groups is 1. The van der Waals surface area contributed by atoms with E-state index < -0.39 is 11.6 Å². The average molecular weight is 323 g/mol. The highest BCUT2D eigenvalue weighted by Crippen LogP contribution is 2.34. The molecular formula is C17H23F2N3O. The molecule has 1 heterocycles. The first-order valence-electron chi connectivity index (χ1n) is 8.30. The van der Waals surface area contributed by atoms with Gasteiger partial charge in [0, 0.05) is 31.2 Å². The van der Waals surface area contributed by atoms with Gasteiger partial charge in [0.25, 0.3) is 0 Å². The van der Waals surface area contributed by atoms with E-state index in [0.29, 0.717) is 0 Å². The molecule has 126 valence electrons. The van der Waals surface area contributed by atoms with Crippen LogP contribution in [0.4, 0.5) is 14.5 Å². The van der Waals surface area contributed by atoms with Gasteiger partial charge in [0.1, 0.15) is 11.6 Å². The Kier molecular flexibility index (Phi) is 4.92. The Morgan fingerprint density at radius 2 is 2.04 bits per heavy atom. The van der Waals surface area contributed by atoms with Gasteiger partial charge < -0.3 is 10.6 Å². The molecule has 4 nitrogen and oxygen atoms in total. The number of nitrogens with zero attached hydrogens (tertiary/aromatic N) is 1. The fraction of sp³-hybridized carbons (Fsp3) is 0.588. The number of amides is 1. The molecule has 1 amide bonds. The predicted molar refractivity (Wildman–Crippen MR) is 85.2 cm³/mol. The Labute approximate surface area is 135 Å². The average Bonchev–Trinajstić information content (AvgIpc) is 2.53. The molecule has 1 aliphatic heterocycles. The third-order valence-corrected chi connectivity index (χ3v) is 5.01. The summed E-state index contributed by atoms with van der Waals surface area (Å²) < 4.78 is 26.6. The lowest BCUT2D eigenvalue weighted by molar-refractivity contribution is -0.120. The van der Waals surface area contributed by atoms with Gasteiger partial charge in [0.15, 0.2) is 0 Å². The van der Waals surface area contributed by atoms with Crippen LogP contribution in [0, 0.1) is 11.6 Å². The van der Waals surface area contributed by atoms with Crippen molar-refractivity contribution in [1.29, 1.82) is 0 Å². The van der Waals surface area contributed by atoms with E-state index in [9.17, 15) is 13.6 Å². The van der Waals surface area contributed by atoms with Crippen LogP contribution in [-0.4, -0.2) is 42.5 Å². The van der Waals surface area contributed by atoms with Gasteiger partial charge in [-0.25, -0.2) is 8.78 Å². The van der Waals surface area contributed by atoms with Crippen LogP contribution >= 0.6 is 0 Å². The fourth-order valence-electron chi connectivity index (χ4n) is 3.79. The van der Waals surface area contributed by atoms with Crippen LogP contribution < -0.4 is 10.6 Å². The first-order valence-corrected chi connectivity index (χ1v) is 8.30. The molecule has 2 fully saturated rings. The molecular weight excluding hydrogens is 300 g/mol. The standard InChI is InChI=1S/C17H23F2N3O/c18-13-4-5-15(14(19)10-13)21-16(23)11-22-9-8-20-12-17(22)6-2-1-3-7-17/h4-5,10,20H,1-3,6-9,11-12H2,(H,21,23). The summed E-state index contributed by atoms with van der Waals surface area (Å²) in [5, 5.41) is 6.00. The molecule has 1 saturated carbocycles. The summed E-state index contributed by atoms with van der Waals surface area (Å²) in [5.41, 5.74) is 0.0825. The number of anilines is 1. The topological polar surface area (TPSA) is 44.4 Å². The quantitative estimate of drug-likeness (QED) is 0.898. The molecule has 3 rings (SSSR count). The number of benzene rings is 1. The van der Waals surface area contributed by atoms with Crippen LogP contribution in [0.2, 0.25) is 0 Å². The highest BCUT2D eigenvalue weighted by Gasteiger charge is 2.40. The van der Waals surface area contributed by atoms with Crippen molar-refractivity contribution in [2.45, 2.75) is 37.6 Å². The summed E-state index contributed by atoms with van der Waals surface area (Å²) in [6.45, 7) is 2.84. The van der Waals surface area contributed by atoms with Crippen LogP contribution in [-0.2, 0) is 4.79 Å². The summed E-state index contributed by atoms with van der Waals surface area (Å²) in [4.78, 5) is 14.5. The zero-order chi connectivity index (χ0) is 16.3. The molecule has 6 heteroatoms.